The molecule has 0 radical (unpaired) electrons. The van der Waals surface area contributed by atoms with Gasteiger partial charge in [-0.05, 0) is 67.4 Å². The molecule has 0 unspecified atom stereocenters. The predicted molar refractivity (Wildman–Crippen MR) is 100 cm³/mol. The largest absolute Gasteiger partial charge is 0.436 e. The summed E-state index contributed by atoms with van der Waals surface area (Å²) in [6.07, 6.45) is 0. The zero-order valence-corrected chi connectivity index (χ0v) is 15.0. The van der Waals surface area contributed by atoms with Crippen LogP contribution in [0, 0.1) is 31.4 Å². The lowest BCUT2D eigenvalue weighted by Gasteiger charge is -2.10. The molecule has 0 aliphatic carbocycles. The Morgan fingerprint density at radius 3 is 2.88 bits per heavy atom. The summed E-state index contributed by atoms with van der Waals surface area (Å²) in [7, 11) is 0. The first kappa shape index (κ1) is 17.1. The third kappa shape index (κ3) is 3.52. The van der Waals surface area contributed by atoms with Crippen molar-refractivity contribution in [3.05, 3.63) is 47.0 Å². The summed E-state index contributed by atoms with van der Waals surface area (Å²) in [6.45, 7) is 5.94. The average molecular weight is 351 g/mol. The van der Waals surface area contributed by atoms with Gasteiger partial charge in [-0.15, -0.1) is 0 Å². The van der Waals surface area contributed by atoms with Gasteiger partial charge in [0.05, 0.1) is 5.75 Å². The van der Waals surface area contributed by atoms with Gasteiger partial charge < -0.3 is 9.73 Å². The number of hydrogen-bond donors (Lipinski definition) is 1. The van der Waals surface area contributed by atoms with Crippen LogP contribution in [0.25, 0.3) is 22.6 Å². The minimum absolute atomic E-state index is 0.0987. The van der Waals surface area contributed by atoms with Gasteiger partial charge in [-0.25, -0.2) is 4.98 Å². The van der Waals surface area contributed by atoms with Crippen molar-refractivity contribution in [3.63, 3.8) is 0 Å². The molecule has 2 aromatic carbocycles. The summed E-state index contributed by atoms with van der Waals surface area (Å²) in [5.74, 6) is 0.418. The van der Waals surface area contributed by atoms with E-state index in [4.69, 9.17) is 9.68 Å². The van der Waals surface area contributed by atoms with E-state index in [1.54, 1.807) is 0 Å². The van der Waals surface area contributed by atoms with Gasteiger partial charge in [0.1, 0.15) is 10.9 Å². The first-order valence-electron chi connectivity index (χ1n) is 7.78. The van der Waals surface area contributed by atoms with E-state index in [1.807, 2.05) is 50.4 Å². The highest BCUT2D eigenvalue weighted by Crippen LogP contribution is 2.32. The third-order valence-electron chi connectivity index (χ3n) is 3.93. The number of thioether (sulfide) groups is 1. The molecule has 5 nitrogen and oxygen atoms in total. The Hall–Kier alpha value is -2.78. The van der Waals surface area contributed by atoms with Crippen molar-refractivity contribution in [1.29, 1.82) is 5.26 Å². The number of benzene rings is 2. The molecule has 0 atom stereocenters. The molecule has 0 saturated heterocycles. The summed E-state index contributed by atoms with van der Waals surface area (Å²) < 4.78 is 5.97. The van der Waals surface area contributed by atoms with Crippen molar-refractivity contribution in [2.24, 2.45) is 0 Å². The zero-order valence-electron chi connectivity index (χ0n) is 14.2. The number of anilines is 1. The Bertz CT molecular complexity index is 1000. The van der Waals surface area contributed by atoms with Crippen LogP contribution >= 0.6 is 11.8 Å². The van der Waals surface area contributed by atoms with E-state index >= 15 is 0 Å². The maximum atomic E-state index is 11.9. The van der Waals surface area contributed by atoms with Crippen LogP contribution in [0.3, 0.4) is 0 Å². The molecule has 3 rings (SSSR count). The second-order valence-corrected chi connectivity index (χ2v) is 6.62. The van der Waals surface area contributed by atoms with Crippen LogP contribution in [0.5, 0.6) is 0 Å². The van der Waals surface area contributed by atoms with E-state index in [1.165, 1.54) is 0 Å². The van der Waals surface area contributed by atoms with Crippen LogP contribution in [-0.4, -0.2) is 16.6 Å². The quantitative estimate of drug-likeness (QED) is 0.696. The minimum Gasteiger partial charge on any atom is -0.436 e. The lowest BCUT2D eigenvalue weighted by Crippen LogP contribution is -2.14. The van der Waals surface area contributed by atoms with Crippen LogP contribution in [0.15, 0.2) is 34.7 Å². The second-order valence-electron chi connectivity index (χ2n) is 5.86. The number of nitrogens with zero attached hydrogens (tertiary/aromatic N) is 2. The second kappa shape index (κ2) is 6.99. The lowest BCUT2D eigenvalue weighted by molar-refractivity contribution is -0.113. The van der Waals surface area contributed by atoms with E-state index in [2.05, 4.69) is 16.4 Å². The van der Waals surface area contributed by atoms with E-state index in [9.17, 15) is 4.79 Å². The van der Waals surface area contributed by atoms with Gasteiger partial charge in [0.15, 0.2) is 5.58 Å². The number of aromatic nitrogens is 1. The Labute approximate surface area is 150 Å². The van der Waals surface area contributed by atoms with Crippen molar-refractivity contribution in [2.45, 2.75) is 20.8 Å². The van der Waals surface area contributed by atoms with Gasteiger partial charge in [-0.1, -0.05) is 12.1 Å². The minimum atomic E-state index is -0.212. The monoisotopic (exact) mass is 351 g/mol. The molecule has 6 heteroatoms. The summed E-state index contributed by atoms with van der Waals surface area (Å²) in [4.78, 5) is 16.5. The van der Waals surface area contributed by atoms with E-state index in [0.29, 0.717) is 11.6 Å². The fourth-order valence-corrected chi connectivity index (χ4v) is 3.05. The number of rotatable bonds is 4. The highest BCUT2D eigenvalue weighted by Gasteiger charge is 2.15. The maximum absolute atomic E-state index is 11.9. The average Bonchev–Trinajstić information content (AvgIpc) is 2.99. The molecule has 0 spiro atoms. The molecule has 0 saturated carbocycles. The Morgan fingerprint density at radius 1 is 1.32 bits per heavy atom. The van der Waals surface area contributed by atoms with Gasteiger partial charge in [0, 0.05) is 11.3 Å². The van der Waals surface area contributed by atoms with E-state index in [-0.39, 0.29) is 11.7 Å². The predicted octanol–water partition coefficient (Wildman–Crippen LogP) is 4.57. The standard InChI is InChI=1S/C19H17N3O2S/c1-11-7-12(2)18-16(8-11)22-19(24-18)14-5-4-6-15(13(14)3)21-17(23)9-25-10-20/h4-8H,9H2,1-3H3,(H,21,23). The van der Waals surface area contributed by atoms with Crippen LogP contribution in [0.1, 0.15) is 16.7 Å². The molecule has 0 bridgehead atoms. The number of hydrogen-bond acceptors (Lipinski definition) is 5. The first-order chi connectivity index (χ1) is 12.0. The number of thiocyanates is 1. The smallest absolute Gasteiger partial charge is 0.235 e. The Kier molecular flexibility index (Phi) is 4.77. The normalized spacial score (nSPS) is 10.6. The highest BCUT2D eigenvalue weighted by molar-refractivity contribution is 8.04. The number of fused-ring (bicyclic) bond motifs is 1. The van der Waals surface area contributed by atoms with Crippen LogP contribution in [0.4, 0.5) is 5.69 Å². The summed E-state index contributed by atoms with van der Waals surface area (Å²) in [6, 6.07) is 9.65. The molecule has 3 aromatic rings. The summed E-state index contributed by atoms with van der Waals surface area (Å²) in [5.41, 5.74) is 6.18. The molecule has 25 heavy (non-hydrogen) atoms. The summed E-state index contributed by atoms with van der Waals surface area (Å²) >= 11 is 0.910. The van der Waals surface area contributed by atoms with Crippen molar-refractivity contribution in [2.75, 3.05) is 11.1 Å². The topological polar surface area (TPSA) is 78.9 Å². The number of nitrogens with one attached hydrogen (secondary N) is 1. The number of oxazole rings is 1. The number of nitriles is 1. The van der Waals surface area contributed by atoms with Gasteiger partial charge in [-0.3, -0.25) is 4.79 Å². The molecule has 0 fully saturated rings. The van der Waals surface area contributed by atoms with Gasteiger partial charge in [-0.2, -0.15) is 5.26 Å². The first-order valence-corrected chi connectivity index (χ1v) is 8.76. The fraction of sp³-hybridized carbons (Fsp3) is 0.211. The van der Waals surface area contributed by atoms with Crippen LogP contribution < -0.4 is 5.32 Å². The van der Waals surface area contributed by atoms with Gasteiger partial charge in [0.2, 0.25) is 11.8 Å². The molecule has 1 N–H and O–H groups in total. The zero-order chi connectivity index (χ0) is 18.0. The molecule has 126 valence electrons. The van der Waals surface area contributed by atoms with Gasteiger partial charge in [0.25, 0.3) is 0 Å². The molecule has 0 aliphatic heterocycles. The Morgan fingerprint density at radius 2 is 2.12 bits per heavy atom. The molecule has 1 heterocycles. The third-order valence-corrected chi connectivity index (χ3v) is 4.46. The van der Waals surface area contributed by atoms with Crippen molar-refractivity contribution < 1.29 is 9.21 Å². The maximum Gasteiger partial charge on any atom is 0.235 e. The molecule has 1 aromatic heterocycles. The lowest BCUT2D eigenvalue weighted by atomic mass is 10.1. The molecule has 1 amide bonds. The van der Waals surface area contributed by atoms with Crippen LogP contribution in [0.2, 0.25) is 0 Å². The van der Waals surface area contributed by atoms with E-state index < -0.39 is 0 Å². The van der Waals surface area contributed by atoms with Gasteiger partial charge >= 0.3 is 0 Å². The molecule has 0 aliphatic rings. The van der Waals surface area contributed by atoms with Crippen LogP contribution in [-0.2, 0) is 4.79 Å². The van der Waals surface area contributed by atoms with Crippen molar-refractivity contribution in [1.82, 2.24) is 4.98 Å². The number of carbonyl (C=O) groups excluding carboxylic acids is 1. The molecular weight excluding hydrogens is 334 g/mol. The number of carbonyl (C=O) groups is 1. The van der Waals surface area contributed by atoms with Crippen molar-refractivity contribution in [3.8, 4) is 16.9 Å². The number of aryl methyl sites for hydroxylation is 2. The SMILES string of the molecule is Cc1cc(C)c2oc(-c3cccc(NC(=O)CSC#N)c3C)nc2c1. The van der Waals surface area contributed by atoms with E-state index in [0.717, 1.165) is 45.1 Å². The molecular formula is C19H17N3O2S. The number of amides is 1. The fourth-order valence-electron chi connectivity index (χ4n) is 2.78. The Balaban J connectivity index is 1.98. The summed E-state index contributed by atoms with van der Waals surface area (Å²) in [5, 5.41) is 13.3. The highest BCUT2D eigenvalue weighted by atomic mass is 32.2. The van der Waals surface area contributed by atoms with Crippen molar-refractivity contribution >= 4 is 34.5 Å².